The topological polar surface area (TPSA) is 71.3 Å². The van der Waals surface area contributed by atoms with E-state index in [0.29, 0.717) is 31.1 Å². The Morgan fingerprint density at radius 3 is 2.00 bits per heavy atom. The van der Waals surface area contributed by atoms with Crippen LogP contribution in [0.15, 0.2) is 4.90 Å². The van der Waals surface area contributed by atoms with Gasteiger partial charge in [0.1, 0.15) is 11.6 Å². The number of aryl methyl sites for hydroxylation is 1. The highest BCUT2D eigenvalue weighted by atomic mass is 32.2. The molecule has 2 aliphatic heterocycles. The number of fused-ring (bicyclic) bond motifs is 1. The molecule has 1 aromatic carbocycles. The van der Waals surface area contributed by atoms with Crippen LogP contribution in [-0.2, 0) is 29.5 Å². The van der Waals surface area contributed by atoms with Crippen LogP contribution in [0.4, 0.5) is 0 Å². The van der Waals surface area contributed by atoms with Crippen molar-refractivity contribution in [3.63, 3.8) is 0 Å². The van der Waals surface area contributed by atoms with E-state index in [1.807, 2.05) is 27.7 Å². The minimum atomic E-state index is -3.52. The first-order valence-corrected chi connectivity index (χ1v) is 12.9. The van der Waals surface area contributed by atoms with Gasteiger partial charge in [-0.25, -0.2) is 8.42 Å². The summed E-state index contributed by atoms with van der Waals surface area (Å²) < 4.78 is 31.1. The molecule has 0 atom stereocenters. The first-order valence-electron chi connectivity index (χ1n) is 11.4. The van der Waals surface area contributed by atoms with Gasteiger partial charge in [-0.1, -0.05) is 6.42 Å². The number of nitrogens with zero attached hydrogens (tertiary/aromatic N) is 5. The second-order valence-electron chi connectivity index (χ2n) is 9.13. The molecule has 1 aromatic heterocycles. The zero-order valence-corrected chi connectivity index (χ0v) is 20.3. The molecule has 0 bridgehead atoms. The second kappa shape index (κ2) is 8.64. The summed E-state index contributed by atoms with van der Waals surface area (Å²) in [6.07, 6.45) is 4.62. The minimum Gasteiger partial charge on any atom is -0.314 e. The lowest BCUT2D eigenvalue weighted by Crippen LogP contribution is -2.48. The van der Waals surface area contributed by atoms with E-state index < -0.39 is 10.0 Å². The van der Waals surface area contributed by atoms with Crippen LogP contribution in [0.2, 0.25) is 0 Å². The van der Waals surface area contributed by atoms with Gasteiger partial charge in [0.05, 0.1) is 11.4 Å². The molecule has 170 valence electrons. The first kappa shape index (κ1) is 22.4. The van der Waals surface area contributed by atoms with Crippen LogP contribution in [0.3, 0.4) is 0 Å². The van der Waals surface area contributed by atoms with Crippen molar-refractivity contribution in [2.24, 2.45) is 0 Å². The Bertz CT molecular complexity index is 1050. The van der Waals surface area contributed by atoms with Gasteiger partial charge >= 0.3 is 0 Å². The molecule has 1 fully saturated rings. The van der Waals surface area contributed by atoms with Gasteiger partial charge < -0.3 is 4.57 Å². The fraction of sp³-hybridized carbons (Fsp3) is 0.652. The lowest BCUT2D eigenvalue weighted by atomic mass is 9.95. The van der Waals surface area contributed by atoms with Crippen LogP contribution >= 0.6 is 0 Å². The molecule has 4 rings (SSSR count). The second-order valence-corrected chi connectivity index (χ2v) is 11.0. The SMILES string of the molecule is Cc1c(C)c(C)c(S(=O)(=O)N2CCN(Cc3nnc4n3CCCCC4)CC2)c(C)c1C. The van der Waals surface area contributed by atoms with Gasteiger partial charge in [0.2, 0.25) is 10.0 Å². The Labute approximate surface area is 186 Å². The number of hydrogen-bond donors (Lipinski definition) is 0. The van der Waals surface area contributed by atoms with E-state index in [1.165, 1.54) is 24.8 Å². The fourth-order valence-electron chi connectivity index (χ4n) is 4.97. The van der Waals surface area contributed by atoms with Gasteiger partial charge in [-0.3, -0.25) is 4.90 Å². The molecule has 2 aromatic rings. The van der Waals surface area contributed by atoms with Crippen LogP contribution in [0.5, 0.6) is 0 Å². The molecule has 0 amide bonds. The number of aromatic nitrogens is 3. The molecule has 3 heterocycles. The average molecular weight is 446 g/mol. The molecule has 0 unspecified atom stereocenters. The predicted octanol–water partition coefficient (Wildman–Crippen LogP) is 3.05. The van der Waals surface area contributed by atoms with Crippen molar-refractivity contribution in [1.82, 2.24) is 24.0 Å². The Morgan fingerprint density at radius 2 is 1.35 bits per heavy atom. The zero-order valence-electron chi connectivity index (χ0n) is 19.5. The van der Waals surface area contributed by atoms with Crippen molar-refractivity contribution in [3.05, 3.63) is 39.5 Å². The van der Waals surface area contributed by atoms with E-state index in [2.05, 4.69) is 26.6 Å². The van der Waals surface area contributed by atoms with Crippen LogP contribution in [-0.4, -0.2) is 58.6 Å². The van der Waals surface area contributed by atoms with Crippen molar-refractivity contribution in [2.75, 3.05) is 26.2 Å². The first-order chi connectivity index (χ1) is 14.7. The molecule has 7 nitrogen and oxygen atoms in total. The number of benzene rings is 1. The van der Waals surface area contributed by atoms with E-state index in [-0.39, 0.29) is 0 Å². The van der Waals surface area contributed by atoms with Crippen LogP contribution in [0.25, 0.3) is 0 Å². The monoisotopic (exact) mass is 445 g/mol. The standard InChI is InChI=1S/C23H35N5O2S/c1-16-17(2)19(4)23(20(5)18(16)3)31(29,30)27-13-11-26(12-14-27)15-22-25-24-21-9-7-6-8-10-28(21)22/h6-15H2,1-5H3. The number of piperazine rings is 1. The lowest BCUT2D eigenvalue weighted by Gasteiger charge is -2.34. The number of rotatable bonds is 4. The molecule has 0 N–H and O–H groups in total. The summed E-state index contributed by atoms with van der Waals surface area (Å²) in [5.74, 6) is 2.12. The van der Waals surface area contributed by atoms with Crippen molar-refractivity contribution in [1.29, 1.82) is 0 Å². The number of hydrogen-bond acceptors (Lipinski definition) is 5. The Hall–Kier alpha value is -1.77. The molecule has 31 heavy (non-hydrogen) atoms. The quantitative estimate of drug-likeness (QED) is 0.723. The highest BCUT2D eigenvalue weighted by Crippen LogP contribution is 2.32. The third kappa shape index (κ3) is 4.05. The van der Waals surface area contributed by atoms with E-state index in [4.69, 9.17) is 0 Å². The number of sulfonamides is 1. The van der Waals surface area contributed by atoms with Crippen molar-refractivity contribution < 1.29 is 8.42 Å². The lowest BCUT2D eigenvalue weighted by molar-refractivity contribution is 0.176. The van der Waals surface area contributed by atoms with Gasteiger partial charge in [-0.15, -0.1) is 10.2 Å². The van der Waals surface area contributed by atoms with Crippen LogP contribution < -0.4 is 0 Å². The third-order valence-electron chi connectivity index (χ3n) is 7.41. The van der Waals surface area contributed by atoms with Crippen LogP contribution in [0, 0.1) is 34.6 Å². The zero-order chi connectivity index (χ0) is 22.3. The summed E-state index contributed by atoms with van der Waals surface area (Å²) in [4.78, 5) is 2.81. The summed E-state index contributed by atoms with van der Waals surface area (Å²) >= 11 is 0. The van der Waals surface area contributed by atoms with E-state index >= 15 is 0 Å². The largest absolute Gasteiger partial charge is 0.314 e. The van der Waals surface area contributed by atoms with E-state index in [1.54, 1.807) is 4.31 Å². The molecule has 0 aliphatic carbocycles. The maximum Gasteiger partial charge on any atom is 0.243 e. The molecule has 8 heteroatoms. The van der Waals surface area contributed by atoms with Crippen molar-refractivity contribution in [2.45, 2.75) is 78.3 Å². The molecule has 2 aliphatic rings. The molecular formula is C23H35N5O2S. The molecule has 1 saturated heterocycles. The summed E-state index contributed by atoms with van der Waals surface area (Å²) in [5.41, 5.74) is 5.11. The molecule has 0 spiro atoms. The van der Waals surface area contributed by atoms with Crippen LogP contribution in [0.1, 0.15) is 58.7 Å². The average Bonchev–Trinajstić information content (AvgIpc) is 2.96. The van der Waals surface area contributed by atoms with Crippen molar-refractivity contribution >= 4 is 10.0 Å². The third-order valence-corrected chi connectivity index (χ3v) is 9.58. The van der Waals surface area contributed by atoms with Gasteiger partial charge in [-0.2, -0.15) is 4.31 Å². The van der Waals surface area contributed by atoms with E-state index in [9.17, 15) is 8.42 Å². The molecule has 0 saturated carbocycles. The summed E-state index contributed by atoms with van der Waals surface area (Å²) in [6, 6.07) is 0. The normalized spacial score (nSPS) is 18.7. The van der Waals surface area contributed by atoms with Crippen molar-refractivity contribution in [3.8, 4) is 0 Å². The van der Waals surface area contributed by atoms with E-state index in [0.717, 1.165) is 53.4 Å². The summed E-state index contributed by atoms with van der Waals surface area (Å²) in [5, 5.41) is 8.84. The predicted molar refractivity (Wildman–Crippen MR) is 122 cm³/mol. The Kier molecular flexibility index (Phi) is 6.25. The Morgan fingerprint density at radius 1 is 0.742 bits per heavy atom. The van der Waals surface area contributed by atoms with Gasteiger partial charge in [-0.05, 0) is 75.3 Å². The smallest absolute Gasteiger partial charge is 0.243 e. The highest BCUT2D eigenvalue weighted by Gasteiger charge is 2.32. The maximum atomic E-state index is 13.6. The minimum absolute atomic E-state index is 0.504. The maximum absolute atomic E-state index is 13.6. The highest BCUT2D eigenvalue weighted by molar-refractivity contribution is 7.89. The molecular weight excluding hydrogens is 410 g/mol. The molecule has 0 radical (unpaired) electrons. The summed E-state index contributed by atoms with van der Waals surface area (Å²) in [7, 11) is -3.52. The van der Waals surface area contributed by atoms with Gasteiger partial charge in [0.25, 0.3) is 0 Å². The van der Waals surface area contributed by atoms with Gasteiger partial charge in [0.15, 0.2) is 0 Å². The fourth-order valence-corrected chi connectivity index (χ4v) is 6.95. The Balaban J connectivity index is 1.49. The van der Waals surface area contributed by atoms with Gasteiger partial charge in [0, 0.05) is 39.1 Å². The summed E-state index contributed by atoms with van der Waals surface area (Å²) in [6.45, 7) is 14.2.